The van der Waals surface area contributed by atoms with Gasteiger partial charge in [0.1, 0.15) is 0 Å². The Labute approximate surface area is 50.9 Å². The van der Waals surface area contributed by atoms with Gasteiger partial charge in [-0.3, -0.25) is 5.73 Å². The lowest BCUT2D eigenvalue weighted by molar-refractivity contribution is -0.453. The Morgan fingerprint density at radius 2 is 2.56 bits per heavy atom. The highest BCUT2D eigenvalue weighted by Crippen LogP contribution is 1.82. The number of rotatable bonds is 0. The molecule has 1 aliphatic rings. The van der Waals surface area contributed by atoms with Crippen molar-refractivity contribution < 1.29 is 9.95 Å². The van der Waals surface area contributed by atoms with E-state index in [1.807, 2.05) is 0 Å². The molecular weight excluding hydrogens is 124 g/mol. The average molecular weight is 130 g/mol. The summed E-state index contributed by atoms with van der Waals surface area (Å²) in [6.07, 6.45) is 0. The van der Waals surface area contributed by atoms with Gasteiger partial charge in [0.25, 0.3) is 5.84 Å². The highest BCUT2D eigenvalue weighted by molar-refractivity contribution is 6.38. The van der Waals surface area contributed by atoms with E-state index in [1.165, 1.54) is 0 Å². The zero-order valence-corrected chi connectivity index (χ0v) is 4.53. The van der Waals surface area contributed by atoms with Gasteiger partial charge in [0.15, 0.2) is 6.67 Å². The van der Waals surface area contributed by atoms with Gasteiger partial charge < -0.3 is 15.7 Å². The zero-order chi connectivity index (χ0) is 6.85. The predicted octanol–water partition coefficient (Wildman–Crippen LogP) is -1.80. The fourth-order valence-electron chi connectivity index (χ4n) is 0.527. The summed E-state index contributed by atoms with van der Waals surface area (Å²) >= 11 is 0. The maximum atomic E-state index is 10.4. The van der Waals surface area contributed by atoms with Gasteiger partial charge in [-0.15, -0.1) is 0 Å². The third-order valence-electron chi connectivity index (χ3n) is 1.00. The molecule has 0 fully saturated rings. The first-order chi connectivity index (χ1) is 4.25. The number of hydrogen-bond acceptors (Lipinski definition) is 4. The van der Waals surface area contributed by atoms with Crippen LogP contribution in [0.1, 0.15) is 0 Å². The summed E-state index contributed by atoms with van der Waals surface area (Å²) in [5.74, 6) is -0.0532. The molecule has 1 rings (SSSR count). The van der Waals surface area contributed by atoms with E-state index in [0.29, 0.717) is 4.74 Å². The third-order valence-corrected chi connectivity index (χ3v) is 1.00. The topological polar surface area (TPSA) is 96.7 Å². The van der Waals surface area contributed by atoms with Crippen molar-refractivity contribution in [2.45, 2.75) is 0 Å². The van der Waals surface area contributed by atoms with Crippen LogP contribution >= 0.6 is 0 Å². The molecule has 0 aromatic rings. The molecule has 4 N–H and O–H groups in total. The lowest BCUT2D eigenvalue weighted by Crippen LogP contribution is -2.29. The van der Waals surface area contributed by atoms with E-state index < -0.39 is 0 Å². The second-order valence-electron chi connectivity index (χ2n) is 1.55. The summed E-state index contributed by atoms with van der Waals surface area (Å²) in [6, 6.07) is 0. The summed E-state index contributed by atoms with van der Waals surface area (Å²) < 4.78 is 0.495. The molecule has 0 spiro atoms. The Bertz CT molecular complexity index is 184. The van der Waals surface area contributed by atoms with E-state index in [-0.39, 0.29) is 18.3 Å². The number of nitrogens with one attached hydrogen (secondary N) is 1. The number of nitrogens with two attached hydrogens (primary N) is 1. The van der Waals surface area contributed by atoms with Gasteiger partial charge in [0.05, 0.1) is 0 Å². The smallest absolute Gasteiger partial charge is 0.319 e. The largest absolute Gasteiger partial charge is 0.714 e. The molecule has 6 heteroatoms. The second kappa shape index (κ2) is 1.81. The van der Waals surface area contributed by atoms with Gasteiger partial charge in [-0.2, -0.15) is 0 Å². The third kappa shape index (κ3) is 0.735. The maximum Gasteiger partial charge on any atom is 0.319 e. The average Bonchev–Trinajstić information content (AvgIpc) is 2.15. The summed E-state index contributed by atoms with van der Waals surface area (Å²) in [5, 5.41) is 23.7. The summed E-state index contributed by atoms with van der Waals surface area (Å²) in [7, 11) is 0. The molecule has 1 heterocycles. The van der Waals surface area contributed by atoms with Crippen LogP contribution < -0.4 is 11.1 Å². The standard InChI is InChI=1S/C3H6N4O2/c4-2-3(6-8)5-1-7(2)9/h8H,1,4H2,(H,5,6). The van der Waals surface area contributed by atoms with Crippen molar-refractivity contribution in [3.63, 3.8) is 0 Å². The molecule has 0 aromatic heterocycles. The Morgan fingerprint density at radius 1 is 1.89 bits per heavy atom. The van der Waals surface area contributed by atoms with E-state index in [2.05, 4.69) is 10.5 Å². The first kappa shape index (κ1) is 5.67. The van der Waals surface area contributed by atoms with Gasteiger partial charge in [-0.1, -0.05) is 5.16 Å². The highest BCUT2D eigenvalue weighted by Gasteiger charge is 2.19. The Morgan fingerprint density at radius 3 is 2.78 bits per heavy atom. The molecule has 9 heavy (non-hydrogen) atoms. The molecule has 50 valence electrons. The van der Waals surface area contributed by atoms with Crippen molar-refractivity contribution in [3.05, 3.63) is 5.21 Å². The quantitative estimate of drug-likeness (QED) is 0.156. The van der Waals surface area contributed by atoms with Crippen molar-refractivity contribution in [2.24, 2.45) is 10.9 Å². The van der Waals surface area contributed by atoms with Crippen LogP contribution in [0.25, 0.3) is 0 Å². The van der Waals surface area contributed by atoms with Crippen molar-refractivity contribution in [1.82, 2.24) is 5.32 Å². The molecule has 0 unspecified atom stereocenters. The molecule has 0 saturated heterocycles. The van der Waals surface area contributed by atoms with Crippen LogP contribution in [0.3, 0.4) is 0 Å². The maximum absolute atomic E-state index is 10.4. The summed E-state index contributed by atoms with van der Waals surface area (Å²) in [5.41, 5.74) is 5.11. The lowest BCUT2D eigenvalue weighted by atomic mass is 10.6. The first-order valence-electron chi connectivity index (χ1n) is 2.29. The van der Waals surface area contributed by atoms with Crippen LogP contribution in [0.5, 0.6) is 0 Å². The Balaban J connectivity index is 2.88. The first-order valence-corrected chi connectivity index (χ1v) is 2.29. The number of nitrogens with zero attached hydrogens (tertiary/aromatic N) is 2. The molecule has 0 radical (unpaired) electrons. The second-order valence-corrected chi connectivity index (χ2v) is 1.55. The predicted molar refractivity (Wildman–Crippen MR) is 30.0 cm³/mol. The van der Waals surface area contributed by atoms with Crippen LogP contribution in [0.2, 0.25) is 0 Å². The molecule has 1 aliphatic heterocycles. The molecule has 0 aliphatic carbocycles. The number of hydrogen-bond donors (Lipinski definition) is 3. The van der Waals surface area contributed by atoms with Gasteiger partial charge in [-0.25, -0.2) is 4.74 Å². The minimum Gasteiger partial charge on any atom is -0.714 e. The zero-order valence-electron chi connectivity index (χ0n) is 4.53. The van der Waals surface area contributed by atoms with E-state index in [4.69, 9.17) is 10.9 Å². The number of oxime groups is 1. The van der Waals surface area contributed by atoms with Crippen molar-refractivity contribution >= 4 is 11.7 Å². The molecular formula is C3H6N4O2. The highest BCUT2D eigenvalue weighted by atomic mass is 16.5. The molecule has 0 amide bonds. The van der Waals surface area contributed by atoms with E-state index in [9.17, 15) is 5.21 Å². The fraction of sp³-hybridized carbons (Fsp3) is 0.333. The lowest BCUT2D eigenvalue weighted by Gasteiger charge is -1.98. The van der Waals surface area contributed by atoms with Gasteiger partial charge in [0, 0.05) is 0 Å². The molecule has 0 atom stereocenters. The normalized spacial score (nSPS) is 22.9. The number of hydroxylamine groups is 1. The van der Waals surface area contributed by atoms with E-state index >= 15 is 0 Å². The van der Waals surface area contributed by atoms with Crippen LogP contribution in [0.15, 0.2) is 5.16 Å². The van der Waals surface area contributed by atoms with Crippen LogP contribution in [0.4, 0.5) is 0 Å². The van der Waals surface area contributed by atoms with Crippen molar-refractivity contribution in [1.29, 1.82) is 0 Å². The monoisotopic (exact) mass is 130 g/mol. The van der Waals surface area contributed by atoms with Gasteiger partial charge in [-0.05, 0) is 0 Å². The number of amidine groups is 2. The van der Waals surface area contributed by atoms with E-state index in [1.54, 1.807) is 0 Å². The SMILES string of the molecule is NC1=[N+]([O-])CN/C1=N\O. The van der Waals surface area contributed by atoms with Crippen LogP contribution in [0, 0.1) is 5.21 Å². The Kier molecular flexibility index (Phi) is 1.14. The summed E-state index contributed by atoms with van der Waals surface area (Å²) in [4.78, 5) is 0. The summed E-state index contributed by atoms with van der Waals surface area (Å²) in [6.45, 7) is 0.0469. The minimum absolute atomic E-state index is 0.0324. The van der Waals surface area contributed by atoms with E-state index in [0.717, 1.165) is 0 Å². The van der Waals surface area contributed by atoms with Gasteiger partial charge >= 0.3 is 5.84 Å². The van der Waals surface area contributed by atoms with Crippen molar-refractivity contribution in [3.8, 4) is 0 Å². The Hall–Kier alpha value is -1.46. The molecule has 0 aromatic carbocycles. The fourth-order valence-corrected chi connectivity index (χ4v) is 0.527. The molecule has 6 nitrogen and oxygen atoms in total. The van der Waals surface area contributed by atoms with Crippen LogP contribution in [-0.2, 0) is 0 Å². The minimum atomic E-state index is -0.0856. The van der Waals surface area contributed by atoms with Crippen molar-refractivity contribution in [2.75, 3.05) is 6.67 Å². The van der Waals surface area contributed by atoms with Gasteiger partial charge in [0.2, 0.25) is 0 Å². The van der Waals surface area contributed by atoms with Crippen LogP contribution in [-0.4, -0.2) is 28.3 Å². The molecule has 0 saturated carbocycles. The molecule has 0 bridgehead atoms.